The summed E-state index contributed by atoms with van der Waals surface area (Å²) in [5, 5.41) is 0.940. The van der Waals surface area contributed by atoms with Crippen molar-refractivity contribution < 1.29 is 9.59 Å². The van der Waals surface area contributed by atoms with Gasteiger partial charge in [-0.05, 0) is 30.2 Å². The summed E-state index contributed by atoms with van der Waals surface area (Å²) in [4.78, 5) is 49.0. The first kappa shape index (κ1) is 22.0. The van der Waals surface area contributed by atoms with Gasteiger partial charge >= 0.3 is 0 Å². The van der Waals surface area contributed by atoms with E-state index in [0.717, 1.165) is 12.0 Å². The largest absolute Gasteiger partial charge is 0.338 e. The Kier molecular flexibility index (Phi) is 6.55. The molecule has 0 radical (unpaired) electrons. The van der Waals surface area contributed by atoms with Crippen molar-refractivity contribution >= 4 is 34.3 Å². The first-order chi connectivity index (χ1) is 15.4. The van der Waals surface area contributed by atoms with Crippen molar-refractivity contribution in [2.24, 2.45) is 5.92 Å². The molecule has 1 aliphatic heterocycles. The molecule has 2 aromatic carbocycles. The minimum atomic E-state index is -0.403. The van der Waals surface area contributed by atoms with E-state index in [1.54, 1.807) is 28.0 Å². The molecule has 0 aliphatic carbocycles. The first-order valence-corrected chi connectivity index (χ1v) is 11.1. The molecule has 7 nitrogen and oxygen atoms in total. The fourth-order valence-corrected chi connectivity index (χ4v) is 4.27. The van der Waals surface area contributed by atoms with Crippen LogP contribution in [0.5, 0.6) is 0 Å². The molecule has 32 heavy (non-hydrogen) atoms. The van der Waals surface area contributed by atoms with E-state index in [1.165, 1.54) is 0 Å². The Labute approximate surface area is 191 Å². The zero-order chi connectivity index (χ0) is 22.7. The van der Waals surface area contributed by atoms with Gasteiger partial charge in [0.1, 0.15) is 5.82 Å². The van der Waals surface area contributed by atoms with Crippen molar-refractivity contribution in [1.82, 2.24) is 19.8 Å². The summed E-state index contributed by atoms with van der Waals surface area (Å²) in [6, 6.07) is 14.7. The minimum Gasteiger partial charge on any atom is -0.338 e. The molecule has 1 aliphatic rings. The molecular formula is C24H25ClN4O3. The number of nitrogens with one attached hydrogen (secondary N) is 1. The van der Waals surface area contributed by atoms with Gasteiger partial charge in [0.25, 0.3) is 5.56 Å². The molecule has 166 valence electrons. The van der Waals surface area contributed by atoms with E-state index < -0.39 is 5.92 Å². The lowest BCUT2D eigenvalue weighted by atomic mass is 10.1. The number of hydrogen-bond donors (Lipinski definition) is 1. The predicted octanol–water partition coefficient (Wildman–Crippen LogP) is 3.36. The van der Waals surface area contributed by atoms with Gasteiger partial charge in [0.2, 0.25) is 11.8 Å². The highest BCUT2D eigenvalue weighted by Gasteiger charge is 2.36. The average Bonchev–Trinajstić information content (AvgIpc) is 3.13. The number of fused-ring (bicyclic) bond motifs is 1. The molecule has 1 aromatic heterocycles. The van der Waals surface area contributed by atoms with Crippen LogP contribution in [0.25, 0.3) is 10.9 Å². The Hall–Kier alpha value is -3.19. The number of rotatable bonds is 7. The number of hydrogen-bond acceptors (Lipinski definition) is 4. The maximum atomic E-state index is 13.3. The monoisotopic (exact) mass is 452 g/mol. The summed E-state index contributed by atoms with van der Waals surface area (Å²) in [6.45, 7) is 3.56. The van der Waals surface area contributed by atoms with E-state index in [4.69, 9.17) is 11.6 Å². The molecule has 2 amide bonds. The van der Waals surface area contributed by atoms with Crippen molar-refractivity contribution in [3.63, 3.8) is 0 Å². The van der Waals surface area contributed by atoms with E-state index in [-0.39, 0.29) is 30.3 Å². The first-order valence-electron chi connectivity index (χ1n) is 10.7. The maximum absolute atomic E-state index is 13.3. The zero-order valence-corrected chi connectivity index (χ0v) is 18.6. The van der Waals surface area contributed by atoms with Gasteiger partial charge in [-0.1, -0.05) is 48.9 Å². The van der Waals surface area contributed by atoms with Crippen molar-refractivity contribution in [1.29, 1.82) is 0 Å². The number of likely N-dealkylation sites (tertiary alicyclic amines) is 1. The second-order valence-electron chi connectivity index (χ2n) is 8.09. The highest BCUT2D eigenvalue weighted by molar-refractivity contribution is 6.31. The number of amides is 2. The highest BCUT2D eigenvalue weighted by atomic mass is 35.5. The normalized spacial score (nSPS) is 16.0. The number of nitrogens with zero attached hydrogens (tertiary/aromatic N) is 3. The fraction of sp³-hybridized carbons (Fsp3) is 0.333. The van der Waals surface area contributed by atoms with E-state index >= 15 is 0 Å². The van der Waals surface area contributed by atoms with Gasteiger partial charge in [-0.2, -0.15) is 0 Å². The Morgan fingerprint density at radius 2 is 2.00 bits per heavy atom. The second-order valence-corrected chi connectivity index (χ2v) is 8.53. The molecule has 1 unspecified atom stereocenters. The number of carbonyl (C=O) groups excluding carboxylic acids is 2. The van der Waals surface area contributed by atoms with Crippen molar-refractivity contribution in [2.75, 3.05) is 13.1 Å². The summed E-state index contributed by atoms with van der Waals surface area (Å²) in [6.07, 6.45) is 0.951. The van der Waals surface area contributed by atoms with Crippen molar-refractivity contribution in [3.05, 3.63) is 75.3 Å². The fourth-order valence-electron chi connectivity index (χ4n) is 4.11. The van der Waals surface area contributed by atoms with Gasteiger partial charge in [0, 0.05) is 31.1 Å². The van der Waals surface area contributed by atoms with Crippen LogP contribution in [0.1, 0.15) is 31.2 Å². The quantitative estimate of drug-likeness (QED) is 0.595. The van der Waals surface area contributed by atoms with E-state index in [2.05, 4.69) is 9.97 Å². The maximum Gasteiger partial charge on any atom is 0.258 e. The third-order valence-corrected chi connectivity index (χ3v) is 5.88. The van der Waals surface area contributed by atoms with Crippen molar-refractivity contribution in [2.45, 2.75) is 32.9 Å². The third-order valence-electron chi connectivity index (χ3n) is 5.64. The molecule has 3 aromatic rings. The smallest absolute Gasteiger partial charge is 0.258 e. The van der Waals surface area contributed by atoms with Crippen LogP contribution in [-0.2, 0) is 22.7 Å². The Balaban J connectivity index is 1.50. The average molecular weight is 453 g/mol. The van der Waals surface area contributed by atoms with Crippen molar-refractivity contribution in [3.8, 4) is 0 Å². The lowest BCUT2D eigenvalue weighted by Crippen LogP contribution is -2.38. The topological polar surface area (TPSA) is 86.4 Å². The molecular weight excluding hydrogens is 428 g/mol. The molecule has 1 saturated heterocycles. The number of carbonyl (C=O) groups is 2. The third kappa shape index (κ3) is 4.83. The number of aromatic amines is 1. The van der Waals surface area contributed by atoms with Crippen LogP contribution in [0.15, 0.2) is 53.3 Å². The molecule has 0 bridgehead atoms. The van der Waals surface area contributed by atoms with E-state index in [1.807, 2.05) is 37.3 Å². The molecule has 2 heterocycles. The van der Waals surface area contributed by atoms with E-state index in [0.29, 0.717) is 41.4 Å². The second kappa shape index (κ2) is 9.53. The van der Waals surface area contributed by atoms with Gasteiger partial charge < -0.3 is 14.8 Å². The SMILES string of the molecule is CCCN(Cc1nc2cc(Cl)ccc2c(=O)[nH]1)C(=O)C1CC(=O)N(Cc2ccccc2)C1. The predicted molar refractivity (Wildman–Crippen MR) is 123 cm³/mol. The Morgan fingerprint density at radius 3 is 2.75 bits per heavy atom. The van der Waals surface area contributed by atoms with Crippen LogP contribution < -0.4 is 5.56 Å². The van der Waals surface area contributed by atoms with Gasteiger partial charge in [-0.3, -0.25) is 14.4 Å². The Bertz CT molecular complexity index is 1190. The molecule has 8 heteroatoms. The molecule has 1 fully saturated rings. The summed E-state index contributed by atoms with van der Waals surface area (Å²) in [5.41, 5.74) is 1.26. The molecule has 0 saturated carbocycles. The minimum absolute atomic E-state index is 0.0180. The van der Waals surface area contributed by atoms with Crippen LogP contribution in [0.3, 0.4) is 0 Å². The number of halogens is 1. The van der Waals surface area contributed by atoms with Crippen LogP contribution in [-0.4, -0.2) is 44.7 Å². The van der Waals surface area contributed by atoms with Gasteiger partial charge in [-0.25, -0.2) is 4.98 Å². The Morgan fingerprint density at radius 1 is 1.22 bits per heavy atom. The van der Waals surface area contributed by atoms with Gasteiger partial charge in [0.05, 0.1) is 23.4 Å². The molecule has 1 atom stereocenters. The number of aromatic nitrogens is 2. The molecule has 1 N–H and O–H groups in total. The lowest BCUT2D eigenvalue weighted by molar-refractivity contribution is -0.136. The zero-order valence-electron chi connectivity index (χ0n) is 17.9. The number of H-pyrrole nitrogens is 1. The van der Waals surface area contributed by atoms with Crippen LogP contribution >= 0.6 is 11.6 Å². The van der Waals surface area contributed by atoms with Crippen LogP contribution in [0.4, 0.5) is 0 Å². The summed E-state index contributed by atoms with van der Waals surface area (Å²) in [7, 11) is 0. The van der Waals surface area contributed by atoms with Crippen LogP contribution in [0, 0.1) is 5.92 Å². The van der Waals surface area contributed by atoms with Gasteiger partial charge in [-0.15, -0.1) is 0 Å². The lowest BCUT2D eigenvalue weighted by Gasteiger charge is -2.25. The van der Waals surface area contributed by atoms with E-state index in [9.17, 15) is 14.4 Å². The van der Waals surface area contributed by atoms with Gasteiger partial charge in [0.15, 0.2) is 0 Å². The molecule has 4 rings (SSSR count). The molecule has 0 spiro atoms. The summed E-state index contributed by atoms with van der Waals surface area (Å²) in [5.74, 6) is -0.114. The van der Waals surface area contributed by atoms with Crippen LogP contribution in [0.2, 0.25) is 5.02 Å². The summed E-state index contributed by atoms with van der Waals surface area (Å²) < 4.78 is 0. The number of benzene rings is 2. The standard InChI is InChI=1S/C24H25ClN4O3/c1-2-10-28(15-21-26-20-12-18(25)8-9-19(20)23(31)27-21)24(32)17-11-22(30)29(14-17)13-16-6-4-3-5-7-16/h3-9,12,17H,2,10-11,13-15H2,1H3,(H,26,27,31). The highest BCUT2D eigenvalue weighted by Crippen LogP contribution is 2.23. The summed E-state index contributed by atoms with van der Waals surface area (Å²) >= 11 is 6.05.